The van der Waals surface area contributed by atoms with Gasteiger partial charge in [0, 0.05) is 19.2 Å². The standard InChI is InChI=1S/C14H16FNO2/c1-9-5-11(6-12(15)14(9)18-2)13-4-3-10(8-17)7-16-13/h3-7,9,14,17H,8H2,1-2H3. The molecule has 0 fully saturated rings. The molecule has 0 saturated heterocycles. The number of hydrogen-bond acceptors (Lipinski definition) is 3. The summed E-state index contributed by atoms with van der Waals surface area (Å²) < 4.78 is 18.9. The summed E-state index contributed by atoms with van der Waals surface area (Å²) in [6.07, 6.45) is 4.48. The summed E-state index contributed by atoms with van der Waals surface area (Å²) in [4.78, 5) is 4.21. The Hall–Kier alpha value is -1.52. The Morgan fingerprint density at radius 1 is 1.44 bits per heavy atom. The van der Waals surface area contributed by atoms with Crippen molar-refractivity contribution >= 4 is 5.57 Å². The van der Waals surface area contributed by atoms with Crippen molar-refractivity contribution < 1.29 is 14.2 Å². The molecule has 1 aliphatic carbocycles. The van der Waals surface area contributed by atoms with Crippen LogP contribution >= 0.6 is 0 Å². The fraction of sp³-hybridized carbons (Fsp3) is 0.357. The molecule has 0 saturated carbocycles. The third-order valence-corrected chi connectivity index (χ3v) is 3.04. The van der Waals surface area contributed by atoms with Gasteiger partial charge < -0.3 is 9.84 Å². The third-order valence-electron chi connectivity index (χ3n) is 3.04. The Bertz CT molecular complexity index is 479. The quantitative estimate of drug-likeness (QED) is 0.894. The minimum absolute atomic E-state index is 0.0330. The van der Waals surface area contributed by atoms with E-state index in [1.807, 2.05) is 13.0 Å². The molecule has 0 aromatic carbocycles. The van der Waals surface area contributed by atoms with E-state index in [0.717, 1.165) is 11.1 Å². The molecule has 3 nitrogen and oxygen atoms in total. The molecule has 18 heavy (non-hydrogen) atoms. The van der Waals surface area contributed by atoms with E-state index in [4.69, 9.17) is 9.84 Å². The number of halogens is 1. The van der Waals surface area contributed by atoms with Gasteiger partial charge in [-0.15, -0.1) is 0 Å². The topological polar surface area (TPSA) is 42.4 Å². The number of rotatable bonds is 3. The van der Waals surface area contributed by atoms with Crippen molar-refractivity contribution in [2.24, 2.45) is 5.92 Å². The lowest BCUT2D eigenvalue weighted by Crippen LogP contribution is -2.22. The van der Waals surface area contributed by atoms with E-state index in [9.17, 15) is 4.39 Å². The van der Waals surface area contributed by atoms with Crippen LogP contribution in [0.4, 0.5) is 4.39 Å². The van der Waals surface area contributed by atoms with Gasteiger partial charge in [0.15, 0.2) is 0 Å². The van der Waals surface area contributed by atoms with Crippen LogP contribution in [0.2, 0.25) is 0 Å². The van der Waals surface area contributed by atoms with E-state index in [0.29, 0.717) is 5.69 Å². The number of aliphatic hydroxyl groups is 1. The van der Waals surface area contributed by atoms with Crippen molar-refractivity contribution in [1.29, 1.82) is 0 Å². The number of hydrogen-bond donors (Lipinski definition) is 1. The zero-order valence-electron chi connectivity index (χ0n) is 10.4. The fourth-order valence-corrected chi connectivity index (χ4v) is 2.08. The molecule has 2 rings (SSSR count). The minimum atomic E-state index is -0.509. The molecular weight excluding hydrogens is 233 g/mol. The van der Waals surface area contributed by atoms with Gasteiger partial charge in [-0.1, -0.05) is 19.1 Å². The van der Waals surface area contributed by atoms with E-state index < -0.39 is 6.10 Å². The average molecular weight is 249 g/mol. The lowest BCUT2D eigenvalue weighted by Gasteiger charge is -2.23. The average Bonchev–Trinajstić information content (AvgIpc) is 2.38. The largest absolute Gasteiger partial charge is 0.392 e. The summed E-state index contributed by atoms with van der Waals surface area (Å²) in [6, 6.07) is 3.56. The highest BCUT2D eigenvalue weighted by Crippen LogP contribution is 2.30. The van der Waals surface area contributed by atoms with Crippen molar-refractivity contribution in [3.8, 4) is 0 Å². The predicted molar refractivity (Wildman–Crippen MR) is 67.3 cm³/mol. The molecule has 0 bridgehead atoms. The molecule has 2 unspecified atom stereocenters. The molecule has 0 radical (unpaired) electrons. The molecule has 1 aliphatic rings. The van der Waals surface area contributed by atoms with Crippen LogP contribution in [0, 0.1) is 5.92 Å². The van der Waals surface area contributed by atoms with Gasteiger partial charge in [-0.3, -0.25) is 4.98 Å². The van der Waals surface area contributed by atoms with Gasteiger partial charge >= 0.3 is 0 Å². The second-order valence-electron chi connectivity index (χ2n) is 4.38. The van der Waals surface area contributed by atoms with Crippen LogP contribution in [0.15, 0.2) is 36.3 Å². The van der Waals surface area contributed by atoms with Gasteiger partial charge in [0.25, 0.3) is 0 Å². The first-order valence-electron chi connectivity index (χ1n) is 5.83. The molecule has 1 heterocycles. The smallest absolute Gasteiger partial charge is 0.130 e. The zero-order valence-corrected chi connectivity index (χ0v) is 10.4. The Balaban J connectivity index is 2.28. The van der Waals surface area contributed by atoms with Crippen LogP contribution in [0.5, 0.6) is 0 Å². The first kappa shape index (κ1) is 12.9. The highest BCUT2D eigenvalue weighted by molar-refractivity contribution is 5.73. The van der Waals surface area contributed by atoms with Crippen LogP contribution in [-0.4, -0.2) is 23.3 Å². The number of aliphatic hydroxyl groups excluding tert-OH is 1. The summed E-state index contributed by atoms with van der Waals surface area (Å²) in [7, 11) is 1.50. The monoisotopic (exact) mass is 249 g/mol. The maximum absolute atomic E-state index is 13.8. The number of ether oxygens (including phenoxy) is 1. The minimum Gasteiger partial charge on any atom is -0.392 e. The van der Waals surface area contributed by atoms with E-state index in [1.165, 1.54) is 13.2 Å². The van der Waals surface area contributed by atoms with Crippen LogP contribution in [0.25, 0.3) is 5.57 Å². The zero-order chi connectivity index (χ0) is 13.1. The van der Waals surface area contributed by atoms with E-state index in [1.54, 1.807) is 18.3 Å². The van der Waals surface area contributed by atoms with Crippen LogP contribution in [0.1, 0.15) is 18.2 Å². The number of aromatic nitrogens is 1. The van der Waals surface area contributed by atoms with Crippen molar-refractivity contribution in [3.63, 3.8) is 0 Å². The van der Waals surface area contributed by atoms with E-state index in [2.05, 4.69) is 4.98 Å². The first-order valence-corrected chi connectivity index (χ1v) is 5.83. The molecule has 1 N–H and O–H groups in total. The number of methoxy groups -OCH3 is 1. The van der Waals surface area contributed by atoms with Crippen LogP contribution in [0.3, 0.4) is 0 Å². The Morgan fingerprint density at radius 3 is 2.72 bits per heavy atom. The second-order valence-corrected chi connectivity index (χ2v) is 4.38. The second kappa shape index (κ2) is 5.42. The molecule has 4 heteroatoms. The summed E-state index contributed by atoms with van der Waals surface area (Å²) >= 11 is 0. The Morgan fingerprint density at radius 2 is 2.22 bits per heavy atom. The molecule has 1 aromatic heterocycles. The number of nitrogens with zero attached hydrogens (tertiary/aromatic N) is 1. The molecule has 2 atom stereocenters. The van der Waals surface area contributed by atoms with Crippen molar-refractivity contribution in [1.82, 2.24) is 4.98 Å². The van der Waals surface area contributed by atoms with Crippen molar-refractivity contribution in [2.75, 3.05) is 7.11 Å². The molecular formula is C14H16FNO2. The normalized spacial score (nSPS) is 23.6. The Labute approximate surface area is 106 Å². The van der Waals surface area contributed by atoms with Gasteiger partial charge in [-0.2, -0.15) is 0 Å². The molecule has 0 spiro atoms. The first-order chi connectivity index (χ1) is 8.65. The van der Waals surface area contributed by atoms with Crippen molar-refractivity contribution in [2.45, 2.75) is 19.6 Å². The van der Waals surface area contributed by atoms with Crippen LogP contribution < -0.4 is 0 Å². The highest BCUT2D eigenvalue weighted by Gasteiger charge is 2.25. The van der Waals surface area contributed by atoms with E-state index >= 15 is 0 Å². The highest BCUT2D eigenvalue weighted by atomic mass is 19.1. The van der Waals surface area contributed by atoms with Gasteiger partial charge in [-0.05, 0) is 23.3 Å². The SMILES string of the molecule is COC1C(F)=CC(c2ccc(CO)cn2)=CC1C. The third kappa shape index (κ3) is 2.49. The number of pyridine rings is 1. The summed E-state index contributed by atoms with van der Waals surface area (Å²) in [5, 5.41) is 8.95. The lowest BCUT2D eigenvalue weighted by atomic mass is 9.92. The molecule has 0 aliphatic heterocycles. The van der Waals surface area contributed by atoms with Crippen molar-refractivity contribution in [3.05, 3.63) is 47.6 Å². The summed E-state index contributed by atoms with van der Waals surface area (Å²) in [5.74, 6) is -0.315. The van der Waals surface area contributed by atoms with Gasteiger partial charge in [-0.25, -0.2) is 4.39 Å². The molecule has 1 aromatic rings. The van der Waals surface area contributed by atoms with Gasteiger partial charge in [0.05, 0.1) is 12.3 Å². The summed E-state index contributed by atoms with van der Waals surface area (Å²) in [5.41, 5.74) is 2.18. The Kier molecular flexibility index (Phi) is 3.89. The molecule has 0 amide bonds. The lowest BCUT2D eigenvalue weighted by molar-refractivity contribution is 0.0837. The number of allylic oxidation sites excluding steroid dienone is 2. The maximum atomic E-state index is 13.8. The van der Waals surface area contributed by atoms with E-state index in [-0.39, 0.29) is 18.4 Å². The predicted octanol–water partition coefficient (Wildman–Crippen LogP) is 2.48. The maximum Gasteiger partial charge on any atom is 0.130 e. The van der Waals surface area contributed by atoms with Gasteiger partial charge in [0.1, 0.15) is 11.9 Å². The van der Waals surface area contributed by atoms with Gasteiger partial charge in [0.2, 0.25) is 0 Å². The van der Waals surface area contributed by atoms with Crippen LogP contribution in [-0.2, 0) is 11.3 Å². The molecule has 96 valence electrons. The summed E-state index contributed by atoms with van der Waals surface area (Å²) in [6.45, 7) is 1.86. The fourth-order valence-electron chi connectivity index (χ4n) is 2.08.